The molecule has 5 rings (SSSR count). The van der Waals surface area contributed by atoms with Gasteiger partial charge in [-0.15, -0.1) is 10.2 Å². The lowest BCUT2D eigenvalue weighted by Gasteiger charge is -2.29. The zero-order chi connectivity index (χ0) is 35.7. The van der Waals surface area contributed by atoms with Crippen LogP contribution in [0.2, 0.25) is 0 Å². The molecule has 1 N–H and O–H groups in total. The zero-order valence-electron chi connectivity index (χ0n) is 29.2. The van der Waals surface area contributed by atoms with Gasteiger partial charge >= 0.3 is 12.2 Å². The smallest absolute Gasteiger partial charge is 0.410 e. The fraction of sp³-hybridized carbons (Fsp3) is 0.459. The summed E-state index contributed by atoms with van der Waals surface area (Å²) in [6, 6.07) is 9.04. The molecule has 10 nitrogen and oxygen atoms in total. The predicted octanol–water partition coefficient (Wildman–Crippen LogP) is 7.49. The van der Waals surface area contributed by atoms with Gasteiger partial charge in [0.25, 0.3) is 0 Å². The van der Waals surface area contributed by atoms with Crippen LogP contribution in [0.15, 0.2) is 48.6 Å². The Morgan fingerprint density at radius 1 is 0.776 bits per heavy atom. The van der Waals surface area contributed by atoms with Crippen LogP contribution in [0, 0.1) is 11.6 Å². The number of benzene rings is 2. The summed E-state index contributed by atoms with van der Waals surface area (Å²) >= 11 is 0. The van der Waals surface area contributed by atoms with Crippen molar-refractivity contribution in [3.05, 3.63) is 71.3 Å². The van der Waals surface area contributed by atoms with Crippen LogP contribution in [0.3, 0.4) is 0 Å². The standard InChI is InChI=1S/C37H45F2N5O5/c1-23(22-45)44-32(28-10-8-26(20-30(28)38)24-12-16-42(17-13-24)34(46)48-36(2,3)4)40-41-33(44)29-11-9-27(21-31(29)39)25-14-18-43(19-15-25)35(47)49-37(5,6)7/h8-12,14,20-21,23,45H,13,15-19,22H2,1-7H3. The Kier molecular flexibility index (Phi) is 10.3. The van der Waals surface area contributed by atoms with E-state index < -0.39 is 28.9 Å². The first-order valence-corrected chi connectivity index (χ1v) is 16.5. The first-order chi connectivity index (χ1) is 23.0. The van der Waals surface area contributed by atoms with Gasteiger partial charge in [-0.3, -0.25) is 0 Å². The Labute approximate surface area is 286 Å². The van der Waals surface area contributed by atoms with Crippen molar-refractivity contribution < 1.29 is 33.0 Å². The van der Waals surface area contributed by atoms with Crippen LogP contribution in [0.25, 0.3) is 33.9 Å². The van der Waals surface area contributed by atoms with E-state index in [1.807, 2.05) is 53.7 Å². The average Bonchev–Trinajstić information content (AvgIpc) is 3.47. The molecule has 2 aliphatic heterocycles. The summed E-state index contributed by atoms with van der Waals surface area (Å²) in [4.78, 5) is 28.1. The molecule has 2 amide bonds. The van der Waals surface area contributed by atoms with Gasteiger partial charge in [-0.1, -0.05) is 24.3 Å². The van der Waals surface area contributed by atoms with Crippen molar-refractivity contribution in [1.82, 2.24) is 24.6 Å². The quantitative estimate of drug-likeness (QED) is 0.288. The van der Waals surface area contributed by atoms with Gasteiger partial charge in [0, 0.05) is 26.2 Å². The summed E-state index contributed by atoms with van der Waals surface area (Å²) in [5.74, 6) is -0.761. The lowest BCUT2D eigenvalue weighted by atomic mass is 9.97. The van der Waals surface area contributed by atoms with E-state index in [2.05, 4.69) is 10.2 Å². The van der Waals surface area contributed by atoms with Gasteiger partial charge in [-0.05, 0) is 108 Å². The van der Waals surface area contributed by atoms with Crippen LogP contribution in [0.5, 0.6) is 0 Å². The third-order valence-electron chi connectivity index (χ3n) is 8.28. The molecule has 0 bridgehead atoms. The highest BCUT2D eigenvalue weighted by Gasteiger charge is 2.28. The van der Waals surface area contributed by atoms with Gasteiger partial charge in [-0.25, -0.2) is 18.4 Å². The molecule has 49 heavy (non-hydrogen) atoms. The number of hydrogen-bond acceptors (Lipinski definition) is 7. The lowest BCUT2D eigenvalue weighted by molar-refractivity contribution is 0.0260. The number of halogens is 2. The molecule has 0 fully saturated rings. The van der Waals surface area contributed by atoms with Gasteiger partial charge in [0.1, 0.15) is 22.8 Å². The second-order valence-corrected chi connectivity index (χ2v) is 14.4. The Morgan fingerprint density at radius 2 is 1.18 bits per heavy atom. The highest BCUT2D eigenvalue weighted by molar-refractivity contribution is 5.76. The number of rotatable bonds is 6. The third kappa shape index (κ3) is 8.36. The topological polar surface area (TPSA) is 110 Å². The van der Waals surface area contributed by atoms with Crippen molar-refractivity contribution >= 4 is 23.3 Å². The Balaban J connectivity index is 1.37. The molecule has 1 unspecified atom stereocenters. The maximum atomic E-state index is 15.8. The molecule has 0 radical (unpaired) electrons. The van der Waals surface area contributed by atoms with Crippen molar-refractivity contribution in [2.45, 2.75) is 78.6 Å². The van der Waals surface area contributed by atoms with Gasteiger partial charge in [0.05, 0.1) is 23.8 Å². The van der Waals surface area contributed by atoms with E-state index in [1.54, 1.807) is 45.6 Å². The van der Waals surface area contributed by atoms with E-state index in [0.717, 1.165) is 11.1 Å². The van der Waals surface area contributed by atoms with Crippen molar-refractivity contribution in [3.8, 4) is 22.8 Å². The molecule has 0 spiro atoms. The van der Waals surface area contributed by atoms with E-state index >= 15 is 8.78 Å². The molecule has 0 aliphatic carbocycles. The normalized spacial score (nSPS) is 16.2. The second-order valence-electron chi connectivity index (χ2n) is 14.4. The monoisotopic (exact) mass is 677 g/mol. The summed E-state index contributed by atoms with van der Waals surface area (Å²) in [5, 5.41) is 18.6. The van der Waals surface area contributed by atoms with Crippen LogP contribution in [-0.4, -0.2) is 85.8 Å². The fourth-order valence-corrected chi connectivity index (χ4v) is 5.80. The second kappa shape index (κ2) is 14.1. The van der Waals surface area contributed by atoms with Crippen LogP contribution in [0.1, 0.15) is 78.5 Å². The number of amides is 2. The fourth-order valence-electron chi connectivity index (χ4n) is 5.80. The largest absolute Gasteiger partial charge is 0.444 e. The van der Waals surface area contributed by atoms with Crippen molar-refractivity contribution in [1.29, 1.82) is 0 Å². The van der Waals surface area contributed by atoms with Gasteiger partial charge in [-0.2, -0.15) is 0 Å². The molecule has 2 aliphatic rings. The summed E-state index contributed by atoms with van der Waals surface area (Å²) in [5.41, 5.74) is 2.31. The maximum Gasteiger partial charge on any atom is 0.410 e. The molecule has 2 aromatic carbocycles. The molecule has 3 heterocycles. The Morgan fingerprint density at radius 3 is 1.49 bits per heavy atom. The van der Waals surface area contributed by atoms with Crippen LogP contribution >= 0.6 is 0 Å². The van der Waals surface area contributed by atoms with Crippen molar-refractivity contribution in [2.24, 2.45) is 0 Å². The third-order valence-corrected chi connectivity index (χ3v) is 8.28. The molecule has 1 aromatic heterocycles. The number of hydrogen-bond donors (Lipinski definition) is 1. The minimum atomic E-state index is -0.593. The van der Waals surface area contributed by atoms with E-state index in [4.69, 9.17) is 9.47 Å². The summed E-state index contributed by atoms with van der Waals surface area (Å²) < 4.78 is 44.0. The summed E-state index contributed by atoms with van der Waals surface area (Å²) in [6.45, 7) is 13.9. The van der Waals surface area contributed by atoms with Crippen molar-refractivity contribution in [3.63, 3.8) is 0 Å². The summed E-state index contributed by atoms with van der Waals surface area (Å²) in [7, 11) is 0. The number of carbonyl (C=O) groups excluding carboxylic acids is 2. The minimum Gasteiger partial charge on any atom is -0.444 e. The lowest BCUT2D eigenvalue weighted by Crippen LogP contribution is -2.39. The van der Waals surface area contributed by atoms with Crippen molar-refractivity contribution in [2.75, 3.05) is 32.8 Å². The number of aliphatic hydroxyl groups excluding tert-OH is 1. The van der Waals surface area contributed by atoms with Gasteiger partial charge in [0.2, 0.25) is 0 Å². The molecular weight excluding hydrogens is 632 g/mol. The zero-order valence-corrected chi connectivity index (χ0v) is 29.2. The number of nitrogens with zero attached hydrogens (tertiary/aromatic N) is 5. The van der Waals surface area contributed by atoms with E-state index in [9.17, 15) is 14.7 Å². The molecule has 12 heteroatoms. The van der Waals surface area contributed by atoms with Crippen LogP contribution in [0.4, 0.5) is 18.4 Å². The van der Waals surface area contributed by atoms with E-state index in [0.29, 0.717) is 50.1 Å². The number of aliphatic hydroxyl groups is 1. The highest BCUT2D eigenvalue weighted by Crippen LogP contribution is 2.34. The first-order valence-electron chi connectivity index (χ1n) is 16.5. The van der Waals surface area contributed by atoms with E-state index in [1.165, 1.54) is 12.1 Å². The van der Waals surface area contributed by atoms with Gasteiger partial charge in [0.15, 0.2) is 11.6 Å². The molecule has 3 aromatic rings. The predicted molar refractivity (Wildman–Crippen MR) is 183 cm³/mol. The molecule has 262 valence electrons. The number of ether oxygens (including phenoxy) is 2. The molecule has 1 atom stereocenters. The number of aromatic nitrogens is 3. The Hall–Kier alpha value is -4.58. The Bertz CT molecular complexity index is 1660. The number of carbonyl (C=O) groups is 2. The van der Waals surface area contributed by atoms with Gasteiger partial charge < -0.3 is 28.9 Å². The summed E-state index contributed by atoms with van der Waals surface area (Å²) in [6.07, 6.45) is 4.08. The van der Waals surface area contributed by atoms with Crippen LogP contribution < -0.4 is 0 Å². The maximum absolute atomic E-state index is 15.8. The minimum absolute atomic E-state index is 0.161. The first kappa shape index (κ1) is 35.7. The average molecular weight is 678 g/mol. The molecule has 0 saturated heterocycles. The van der Waals surface area contributed by atoms with Crippen LogP contribution in [-0.2, 0) is 9.47 Å². The highest BCUT2D eigenvalue weighted by atomic mass is 19.1. The SMILES string of the molecule is CC(CO)n1c(-c2ccc(C3=CCN(C(=O)OC(C)(C)C)CC3)cc2F)nnc1-c1ccc(C2=CCN(C(=O)OC(C)(C)C)CC2)cc1F. The molecule has 0 saturated carbocycles. The van der Waals surface area contributed by atoms with E-state index in [-0.39, 0.29) is 41.6 Å². The molecular formula is C37H45F2N5O5.